The number of hydrogen-bond acceptors (Lipinski definition) is 2. The molecule has 17 heavy (non-hydrogen) atoms. The fraction of sp³-hybridized carbons (Fsp3) is 0.417. The van der Waals surface area contributed by atoms with Gasteiger partial charge in [-0.25, -0.2) is 4.39 Å². The summed E-state index contributed by atoms with van der Waals surface area (Å²) in [5, 5.41) is 2.58. The summed E-state index contributed by atoms with van der Waals surface area (Å²) < 4.78 is 13.1. The molecule has 94 valence electrons. The van der Waals surface area contributed by atoms with Gasteiger partial charge in [0.25, 0.3) is 0 Å². The molecule has 0 radical (unpaired) electrons. The topological polar surface area (TPSA) is 55.1 Å². The van der Waals surface area contributed by atoms with Crippen LogP contribution < -0.4 is 11.1 Å². The standard InChI is InChI=1S/C12H16ClFN2O/c1-7(2)5-11(15)12(17)16-8-3-4-9(13)10(14)6-8/h3-4,6-7,11H,5,15H2,1-2H3,(H,16,17). The number of anilines is 1. The van der Waals surface area contributed by atoms with Gasteiger partial charge in [-0.05, 0) is 30.5 Å². The molecule has 0 saturated heterocycles. The molecule has 0 aliphatic heterocycles. The summed E-state index contributed by atoms with van der Waals surface area (Å²) in [4.78, 5) is 11.7. The zero-order chi connectivity index (χ0) is 13.0. The second-order valence-corrected chi connectivity index (χ2v) is 4.76. The third-order valence-corrected chi connectivity index (χ3v) is 2.56. The Balaban J connectivity index is 2.64. The smallest absolute Gasteiger partial charge is 0.241 e. The van der Waals surface area contributed by atoms with Crippen LogP contribution in [0.15, 0.2) is 18.2 Å². The Kier molecular flexibility index (Phi) is 4.90. The number of nitrogens with two attached hydrogens (primary N) is 1. The lowest BCUT2D eigenvalue weighted by atomic mass is 10.0. The number of nitrogens with one attached hydrogen (secondary N) is 1. The summed E-state index contributed by atoms with van der Waals surface area (Å²) in [5.74, 6) is -0.556. The van der Waals surface area contributed by atoms with Gasteiger partial charge in [0.2, 0.25) is 5.91 Å². The first kappa shape index (κ1) is 13.9. The van der Waals surface area contributed by atoms with Gasteiger partial charge < -0.3 is 11.1 Å². The monoisotopic (exact) mass is 258 g/mol. The molecule has 0 bridgehead atoms. The number of benzene rings is 1. The number of halogens is 2. The quantitative estimate of drug-likeness (QED) is 0.873. The maximum Gasteiger partial charge on any atom is 0.241 e. The van der Waals surface area contributed by atoms with E-state index in [0.717, 1.165) is 0 Å². The summed E-state index contributed by atoms with van der Waals surface area (Å²) in [7, 11) is 0. The van der Waals surface area contributed by atoms with Crippen molar-refractivity contribution < 1.29 is 9.18 Å². The fourth-order valence-electron chi connectivity index (χ4n) is 1.42. The predicted octanol–water partition coefficient (Wildman–Crippen LogP) is 2.79. The lowest BCUT2D eigenvalue weighted by Gasteiger charge is -2.14. The van der Waals surface area contributed by atoms with E-state index in [4.69, 9.17) is 17.3 Å². The summed E-state index contributed by atoms with van der Waals surface area (Å²) in [6.07, 6.45) is 0.585. The van der Waals surface area contributed by atoms with Crippen LogP contribution in [0, 0.1) is 11.7 Å². The maximum absolute atomic E-state index is 13.1. The lowest BCUT2D eigenvalue weighted by Crippen LogP contribution is -2.36. The van der Waals surface area contributed by atoms with Crippen molar-refractivity contribution in [2.45, 2.75) is 26.3 Å². The van der Waals surface area contributed by atoms with Crippen LogP contribution in [0.5, 0.6) is 0 Å². The molecule has 0 aromatic heterocycles. The molecule has 0 saturated carbocycles. The minimum atomic E-state index is -0.589. The molecule has 0 aliphatic rings. The van der Waals surface area contributed by atoms with Crippen LogP contribution in [0.1, 0.15) is 20.3 Å². The molecular formula is C12H16ClFN2O. The SMILES string of the molecule is CC(C)CC(N)C(=O)Nc1ccc(Cl)c(F)c1. The lowest BCUT2D eigenvalue weighted by molar-refractivity contribution is -0.117. The van der Waals surface area contributed by atoms with Crippen molar-refractivity contribution >= 4 is 23.2 Å². The van der Waals surface area contributed by atoms with Gasteiger partial charge in [0.15, 0.2) is 0 Å². The molecule has 5 heteroatoms. The van der Waals surface area contributed by atoms with Crippen LogP contribution in [0.25, 0.3) is 0 Å². The van der Waals surface area contributed by atoms with E-state index in [0.29, 0.717) is 18.0 Å². The summed E-state index contributed by atoms with van der Waals surface area (Å²) >= 11 is 5.54. The van der Waals surface area contributed by atoms with Gasteiger partial charge in [0.1, 0.15) is 5.82 Å². The van der Waals surface area contributed by atoms with Gasteiger partial charge >= 0.3 is 0 Å². The molecule has 1 unspecified atom stereocenters. The van der Waals surface area contributed by atoms with E-state index in [-0.39, 0.29) is 10.9 Å². The van der Waals surface area contributed by atoms with Gasteiger partial charge in [-0.2, -0.15) is 0 Å². The highest BCUT2D eigenvalue weighted by Crippen LogP contribution is 2.19. The van der Waals surface area contributed by atoms with Crippen LogP contribution in [0.3, 0.4) is 0 Å². The third kappa shape index (κ3) is 4.32. The van der Waals surface area contributed by atoms with Crippen LogP contribution in [-0.4, -0.2) is 11.9 Å². The number of carbonyl (C=O) groups excluding carboxylic acids is 1. The van der Waals surface area contributed by atoms with E-state index in [1.165, 1.54) is 18.2 Å². The van der Waals surface area contributed by atoms with Crippen LogP contribution in [0.2, 0.25) is 5.02 Å². The first-order valence-corrected chi connectivity index (χ1v) is 5.79. The number of amides is 1. The van der Waals surface area contributed by atoms with Gasteiger partial charge in [0.05, 0.1) is 11.1 Å². The first-order valence-electron chi connectivity index (χ1n) is 5.41. The zero-order valence-corrected chi connectivity index (χ0v) is 10.6. The Hall–Kier alpha value is -1.13. The van der Waals surface area contributed by atoms with Crippen LogP contribution in [0.4, 0.5) is 10.1 Å². The molecule has 0 heterocycles. The van der Waals surface area contributed by atoms with Gasteiger partial charge in [-0.1, -0.05) is 25.4 Å². The summed E-state index contributed by atoms with van der Waals surface area (Å²) in [6.45, 7) is 3.96. The van der Waals surface area contributed by atoms with E-state index in [9.17, 15) is 9.18 Å². The Bertz CT molecular complexity index is 409. The molecule has 0 spiro atoms. The number of rotatable bonds is 4. The average molecular weight is 259 g/mol. The first-order chi connectivity index (χ1) is 7.90. The van der Waals surface area contributed by atoms with E-state index in [1.54, 1.807) is 0 Å². The molecule has 0 fully saturated rings. The number of carbonyl (C=O) groups is 1. The Labute approximate surface area is 105 Å². The Morgan fingerprint density at radius 2 is 2.18 bits per heavy atom. The van der Waals surface area contributed by atoms with E-state index in [1.807, 2.05) is 13.8 Å². The van der Waals surface area contributed by atoms with E-state index < -0.39 is 11.9 Å². The molecular weight excluding hydrogens is 243 g/mol. The highest BCUT2D eigenvalue weighted by Gasteiger charge is 2.15. The van der Waals surface area contributed by atoms with Crippen LogP contribution >= 0.6 is 11.6 Å². The van der Waals surface area contributed by atoms with E-state index >= 15 is 0 Å². The maximum atomic E-state index is 13.1. The van der Waals surface area contributed by atoms with Crippen molar-refractivity contribution in [2.75, 3.05) is 5.32 Å². The zero-order valence-electron chi connectivity index (χ0n) is 9.84. The number of hydrogen-bond donors (Lipinski definition) is 2. The highest BCUT2D eigenvalue weighted by molar-refractivity contribution is 6.30. The molecule has 1 atom stereocenters. The second-order valence-electron chi connectivity index (χ2n) is 4.35. The molecule has 1 aromatic rings. The van der Waals surface area contributed by atoms with Crippen molar-refractivity contribution in [3.05, 3.63) is 29.0 Å². The van der Waals surface area contributed by atoms with Gasteiger partial charge in [0, 0.05) is 5.69 Å². The predicted molar refractivity (Wildman–Crippen MR) is 67.5 cm³/mol. The van der Waals surface area contributed by atoms with Crippen molar-refractivity contribution in [3.8, 4) is 0 Å². The minimum absolute atomic E-state index is 0.0227. The fourth-order valence-corrected chi connectivity index (χ4v) is 1.54. The summed E-state index contributed by atoms with van der Waals surface area (Å²) in [6, 6.07) is 3.50. The molecule has 1 rings (SSSR count). The van der Waals surface area contributed by atoms with Crippen molar-refractivity contribution in [1.29, 1.82) is 0 Å². The van der Waals surface area contributed by atoms with Gasteiger partial charge in [-0.15, -0.1) is 0 Å². The van der Waals surface area contributed by atoms with Crippen LogP contribution in [-0.2, 0) is 4.79 Å². The molecule has 3 N–H and O–H groups in total. The molecule has 3 nitrogen and oxygen atoms in total. The van der Waals surface area contributed by atoms with E-state index in [2.05, 4.69) is 5.32 Å². The second kappa shape index (κ2) is 5.98. The highest BCUT2D eigenvalue weighted by atomic mass is 35.5. The largest absolute Gasteiger partial charge is 0.325 e. The van der Waals surface area contributed by atoms with Crippen molar-refractivity contribution in [2.24, 2.45) is 11.7 Å². The Morgan fingerprint density at radius 1 is 1.53 bits per heavy atom. The molecule has 0 aliphatic carbocycles. The van der Waals surface area contributed by atoms with Crippen molar-refractivity contribution in [3.63, 3.8) is 0 Å². The minimum Gasteiger partial charge on any atom is -0.325 e. The van der Waals surface area contributed by atoms with Crippen molar-refractivity contribution in [1.82, 2.24) is 0 Å². The normalized spacial score (nSPS) is 12.6. The summed E-state index contributed by atoms with van der Waals surface area (Å²) in [5.41, 5.74) is 6.06. The van der Waals surface area contributed by atoms with Gasteiger partial charge in [-0.3, -0.25) is 4.79 Å². The average Bonchev–Trinajstić information content (AvgIpc) is 2.22. The Morgan fingerprint density at radius 3 is 2.71 bits per heavy atom. The molecule has 1 amide bonds. The molecule has 1 aromatic carbocycles. The third-order valence-electron chi connectivity index (χ3n) is 2.25.